The van der Waals surface area contributed by atoms with Crippen molar-refractivity contribution in [2.75, 3.05) is 11.5 Å². The summed E-state index contributed by atoms with van der Waals surface area (Å²) in [5, 5.41) is 18.3. The molecule has 0 aromatic heterocycles. The van der Waals surface area contributed by atoms with E-state index in [0.29, 0.717) is 24.3 Å². The van der Waals surface area contributed by atoms with E-state index >= 15 is 0 Å². The molecule has 0 bridgehead atoms. The molecule has 2 aromatic rings. The summed E-state index contributed by atoms with van der Waals surface area (Å²) in [7, 11) is 0. The molecule has 10 heteroatoms. The van der Waals surface area contributed by atoms with Gasteiger partial charge in [0.1, 0.15) is 11.5 Å². The highest BCUT2D eigenvalue weighted by Crippen LogP contribution is 2.56. The number of nitrogen functional groups attached to an aromatic ring is 2. The fourth-order valence-corrected chi connectivity index (χ4v) is 2.06. The molecule has 0 fully saturated rings. The number of phenolic OH excluding ortho intramolecular Hbond substituents is 2. The van der Waals surface area contributed by atoms with Crippen molar-refractivity contribution < 1.29 is 36.6 Å². The molecule has 0 spiro atoms. The second kappa shape index (κ2) is 5.64. The molecule has 0 radical (unpaired) electrons. The van der Waals surface area contributed by atoms with E-state index in [1.807, 2.05) is 0 Å². The normalized spacial score (nSPS) is 13.0. The van der Waals surface area contributed by atoms with Gasteiger partial charge in [0.2, 0.25) is 0 Å². The fourth-order valence-electron chi connectivity index (χ4n) is 2.06. The highest BCUT2D eigenvalue weighted by atomic mass is 19.3. The first-order chi connectivity index (χ1) is 11.3. The van der Waals surface area contributed by atoms with Crippen LogP contribution in [0.2, 0.25) is 0 Å². The number of halogens is 6. The van der Waals surface area contributed by atoms with Crippen LogP contribution in [0.5, 0.6) is 11.5 Å². The van der Waals surface area contributed by atoms with Crippen molar-refractivity contribution in [2.45, 2.75) is 17.8 Å². The van der Waals surface area contributed by atoms with Crippen LogP contribution in [0.1, 0.15) is 11.1 Å². The summed E-state index contributed by atoms with van der Waals surface area (Å²) >= 11 is 0. The van der Waals surface area contributed by atoms with Gasteiger partial charge in [-0.2, -0.15) is 26.3 Å². The van der Waals surface area contributed by atoms with E-state index < -0.39 is 51.8 Å². The molecule has 4 nitrogen and oxygen atoms in total. The van der Waals surface area contributed by atoms with Crippen molar-refractivity contribution in [1.82, 2.24) is 0 Å². The number of alkyl halides is 6. The van der Waals surface area contributed by atoms with E-state index in [-0.39, 0.29) is 12.1 Å². The number of phenols is 2. The predicted octanol–water partition coefficient (Wildman–Crippen LogP) is 3.78. The Balaban J connectivity index is 2.56. The maximum Gasteiger partial charge on any atom is 0.380 e. The molecule has 2 rings (SSSR count). The standard InChI is InChI=1S/C15H12F6N2O2/c16-13(17,7-1-3-11(24)9(22)5-7)15(20,21)14(18,19)8-2-4-12(25)10(23)6-8/h1-6,24-25H,22-23H2. The molecule has 0 saturated carbocycles. The predicted molar refractivity (Wildman–Crippen MR) is 77.8 cm³/mol. The molecule has 0 amide bonds. The SMILES string of the molecule is Nc1cc(C(F)(F)C(F)(F)C(F)(F)c2ccc(O)c(N)c2)ccc1O. The number of aromatic hydroxyl groups is 2. The fraction of sp³-hybridized carbons (Fsp3) is 0.200. The molecule has 25 heavy (non-hydrogen) atoms. The molecule has 0 saturated heterocycles. The highest BCUT2D eigenvalue weighted by Gasteiger charge is 2.72. The molecule has 0 unspecified atom stereocenters. The van der Waals surface area contributed by atoms with E-state index in [1.165, 1.54) is 0 Å². The summed E-state index contributed by atoms with van der Waals surface area (Å²) in [6.07, 6.45) is 0. The lowest BCUT2D eigenvalue weighted by molar-refractivity contribution is -0.321. The zero-order valence-electron chi connectivity index (χ0n) is 12.3. The summed E-state index contributed by atoms with van der Waals surface area (Å²) in [4.78, 5) is 0. The molecule has 6 N–H and O–H groups in total. The van der Waals surface area contributed by atoms with Crippen LogP contribution < -0.4 is 11.5 Å². The van der Waals surface area contributed by atoms with Crippen LogP contribution in [-0.2, 0) is 11.8 Å². The Labute approximate surface area is 137 Å². The van der Waals surface area contributed by atoms with Gasteiger partial charge in [0.05, 0.1) is 11.4 Å². The van der Waals surface area contributed by atoms with Crippen LogP contribution in [-0.4, -0.2) is 16.1 Å². The van der Waals surface area contributed by atoms with Gasteiger partial charge in [-0.3, -0.25) is 0 Å². The van der Waals surface area contributed by atoms with Crippen molar-refractivity contribution in [3.05, 3.63) is 47.5 Å². The van der Waals surface area contributed by atoms with Crippen molar-refractivity contribution in [2.24, 2.45) is 0 Å². The number of rotatable bonds is 4. The zero-order valence-corrected chi connectivity index (χ0v) is 12.3. The van der Waals surface area contributed by atoms with Gasteiger partial charge in [-0.25, -0.2) is 0 Å². The molecule has 0 heterocycles. The Hall–Kier alpha value is -2.78. The number of anilines is 2. The van der Waals surface area contributed by atoms with E-state index in [0.717, 1.165) is 0 Å². The third kappa shape index (κ3) is 2.77. The number of nitrogens with two attached hydrogens (primary N) is 2. The molecule has 0 aliphatic rings. The van der Waals surface area contributed by atoms with Crippen LogP contribution in [0.4, 0.5) is 37.7 Å². The van der Waals surface area contributed by atoms with Crippen LogP contribution in [0.25, 0.3) is 0 Å². The van der Waals surface area contributed by atoms with Gasteiger partial charge in [0.25, 0.3) is 0 Å². The Morgan fingerprint density at radius 2 is 0.960 bits per heavy atom. The van der Waals surface area contributed by atoms with E-state index in [9.17, 15) is 26.3 Å². The first-order valence-electron chi connectivity index (χ1n) is 6.63. The number of hydrogen-bond donors (Lipinski definition) is 4. The second-order valence-corrected chi connectivity index (χ2v) is 5.27. The zero-order chi connectivity index (χ0) is 19.2. The summed E-state index contributed by atoms with van der Waals surface area (Å²) in [5.74, 6) is -17.9. The minimum Gasteiger partial charge on any atom is -0.506 e. The molecule has 0 aliphatic carbocycles. The van der Waals surface area contributed by atoms with Gasteiger partial charge < -0.3 is 21.7 Å². The van der Waals surface area contributed by atoms with E-state index in [4.69, 9.17) is 21.7 Å². The average Bonchev–Trinajstić information content (AvgIpc) is 2.52. The Morgan fingerprint density at radius 3 is 1.24 bits per heavy atom. The molecule has 0 atom stereocenters. The minimum absolute atomic E-state index is 0.282. The van der Waals surface area contributed by atoms with Crippen molar-refractivity contribution in [3.63, 3.8) is 0 Å². The largest absolute Gasteiger partial charge is 0.506 e. The topological polar surface area (TPSA) is 92.5 Å². The van der Waals surface area contributed by atoms with Gasteiger partial charge in [-0.15, -0.1) is 0 Å². The van der Waals surface area contributed by atoms with Crippen molar-refractivity contribution in [1.29, 1.82) is 0 Å². The van der Waals surface area contributed by atoms with E-state index in [1.54, 1.807) is 0 Å². The monoisotopic (exact) mass is 366 g/mol. The lowest BCUT2D eigenvalue weighted by atomic mass is 9.92. The third-order valence-electron chi connectivity index (χ3n) is 3.57. The summed E-state index contributed by atoms with van der Waals surface area (Å²) in [5.41, 5.74) is 5.96. The van der Waals surface area contributed by atoms with Gasteiger partial charge in [0.15, 0.2) is 0 Å². The first kappa shape index (κ1) is 18.6. The lowest BCUT2D eigenvalue weighted by Crippen LogP contribution is -2.50. The summed E-state index contributed by atoms with van der Waals surface area (Å²) in [6, 6.07) is 2.47. The molecule has 0 aliphatic heterocycles. The van der Waals surface area contributed by atoms with Gasteiger partial charge in [0, 0.05) is 11.1 Å². The van der Waals surface area contributed by atoms with Crippen molar-refractivity contribution in [3.8, 4) is 11.5 Å². The third-order valence-corrected chi connectivity index (χ3v) is 3.57. The highest BCUT2D eigenvalue weighted by molar-refractivity contribution is 5.56. The second-order valence-electron chi connectivity index (χ2n) is 5.27. The van der Waals surface area contributed by atoms with E-state index in [2.05, 4.69) is 0 Å². The maximum atomic E-state index is 14.2. The van der Waals surface area contributed by atoms with Crippen LogP contribution in [0.15, 0.2) is 36.4 Å². The molecular weight excluding hydrogens is 354 g/mol. The molecule has 2 aromatic carbocycles. The van der Waals surface area contributed by atoms with Gasteiger partial charge >= 0.3 is 17.8 Å². The smallest absolute Gasteiger partial charge is 0.380 e. The number of benzene rings is 2. The van der Waals surface area contributed by atoms with Crippen LogP contribution in [0, 0.1) is 0 Å². The van der Waals surface area contributed by atoms with Gasteiger partial charge in [-0.1, -0.05) is 0 Å². The lowest BCUT2D eigenvalue weighted by Gasteiger charge is -2.33. The van der Waals surface area contributed by atoms with Crippen LogP contribution >= 0.6 is 0 Å². The Morgan fingerprint density at radius 1 is 0.640 bits per heavy atom. The molecular formula is C15H12F6N2O2. The van der Waals surface area contributed by atoms with Crippen LogP contribution in [0.3, 0.4) is 0 Å². The summed E-state index contributed by atoms with van der Waals surface area (Å²) < 4.78 is 84.9. The number of hydrogen-bond acceptors (Lipinski definition) is 4. The minimum atomic E-state index is -5.87. The Bertz CT molecular complexity index is 745. The van der Waals surface area contributed by atoms with Gasteiger partial charge in [-0.05, 0) is 36.4 Å². The molecule has 136 valence electrons. The van der Waals surface area contributed by atoms with Crippen molar-refractivity contribution >= 4 is 11.4 Å². The first-order valence-corrected chi connectivity index (χ1v) is 6.63. The summed E-state index contributed by atoms with van der Waals surface area (Å²) in [6.45, 7) is 0. The average molecular weight is 366 g/mol. The maximum absolute atomic E-state index is 14.2. The quantitative estimate of drug-likeness (QED) is 0.376. The Kier molecular flexibility index (Phi) is 4.19.